The Hall–Kier alpha value is -15.7. The summed E-state index contributed by atoms with van der Waals surface area (Å²) >= 11 is 0. The summed E-state index contributed by atoms with van der Waals surface area (Å²) in [6.45, 7) is 10.4. The molecule has 2 heterocycles. The Labute approximate surface area is 751 Å². The van der Waals surface area contributed by atoms with E-state index in [1.807, 2.05) is 81.1 Å². The molecule has 131 heavy (non-hydrogen) atoms. The Morgan fingerprint density at radius 2 is 0.595 bits per heavy atom. The lowest BCUT2D eigenvalue weighted by Gasteiger charge is -2.23. The fourth-order valence-electron chi connectivity index (χ4n) is 12.5. The lowest BCUT2D eigenvalue weighted by molar-refractivity contribution is 0.481. The molecule has 0 bridgehead atoms. The number of nitrogens with zero attached hydrogens (tertiary/aromatic N) is 23. The van der Waals surface area contributed by atoms with E-state index in [0.29, 0.717) is 122 Å². The normalized spacial score (nSPS) is 12.3. The Bertz CT molecular complexity index is 7320. The van der Waals surface area contributed by atoms with Crippen molar-refractivity contribution in [3.8, 4) is 0 Å². The number of aromatic nitrogens is 6. The van der Waals surface area contributed by atoms with Gasteiger partial charge in [-0.15, -0.1) is 10.2 Å². The zero-order chi connectivity index (χ0) is 92.2. The van der Waals surface area contributed by atoms with Gasteiger partial charge >= 0.3 is 0 Å². The molecule has 14 rings (SSSR count). The molecule has 0 aliphatic heterocycles. The van der Waals surface area contributed by atoms with Gasteiger partial charge in [0.05, 0.1) is 89.4 Å². The molecule has 0 radical (unpaired) electrons. The van der Waals surface area contributed by atoms with Crippen LogP contribution in [0.3, 0.4) is 0 Å². The summed E-state index contributed by atoms with van der Waals surface area (Å²) in [5.41, 5.74) is 11.4. The topological polar surface area (TPSA) is 532 Å². The van der Waals surface area contributed by atoms with Crippen LogP contribution in [0, 0.1) is 27.7 Å². The van der Waals surface area contributed by atoms with E-state index < -0.39 is 50.3 Å². The summed E-state index contributed by atoms with van der Waals surface area (Å²) in [4.78, 5) is 30.2. The molecule has 2 aromatic heterocycles. The van der Waals surface area contributed by atoms with Gasteiger partial charge < -0.3 is 20.9 Å². The highest BCUT2D eigenvalue weighted by molar-refractivity contribution is 7.86. The number of hydrogen-bond donors (Lipinski definition) is 7. The molecule has 660 valence electrons. The summed E-state index contributed by atoms with van der Waals surface area (Å²) in [7, 11) is -18.3. The van der Waals surface area contributed by atoms with Crippen LogP contribution in [0.15, 0.2) is 368 Å². The van der Waals surface area contributed by atoms with Crippen molar-refractivity contribution < 1.29 is 51.9 Å². The smallest absolute Gasteiger partial charge is 0.296 e. The first-order valence-corrected chi connectivity index (χ1v) is 45.6. The fourth-order valence-corrected chi connectivity index (χ4v) is 14.8. The molecule has 0 amide bonds. The van der Waals surface area contributed by atoms with Gasteiger partial charge in [-0.05, 0) is 274 Å². The highest BCUT2D eigenvalue weighted by Crippen LogP contribution is 2.38. The van der Waals surface area contributed by atoms with Crippen LogP contribution in [-0.4, -0.2) is 101 Å². The third-order valence-electron chi connectivity index (χ3n) is 19.1. The van der Waals surface area contributed by atoms with Gasteiger partial charge in [-0.25, -0.2) is 4.98 Å². The van der Waals surface area contributed by atoms with Crippen molar-refractivity contribution in [1.82, 2.24) is 29.9 Å². The van der Waals surface area contributed by atoms with E-state index in [9.17, 15) is 51.9 Å². The number of rotatable bonds is 35. The molecule has 42 heteroatoms. The van der Waals surface area contributed by atoms with Crippen molar-refractivity contribution >= 4 is 167 Å². The molecule has 0 spiro atoms. The maximum atomic E-state index is 12.7. The maximum Gasteiger partial charge on any atom is 0.296 e. The second-order valence-corrected chi connectivity index (χ2v) is 34.7. The van der Waals surface area contributed by atoms with Gasteiger partial charge in [0.2, 0.25) is 23.8 Å². The Morgan fingerprint density at radius 3 is 0.939 bits per heavy atom. The number of aryl methyl sites for hydroxylation is 4. The summed E-state index contributed by atoms with van der Waals surface area (Å²) < 4.78 is 136. The fraction of sp³-hybridized carbons (Fsp3) is 0.124. The van der Waals surface area contributed by atoms with Crippen LogP contribution in [0.1, 0.15) is 58.4 Å². The summed E-state index contributed by atoms with van der Waals surface area (Å²) in [6.07, 6.45) is 1.13. The minimum atomic E-state index is -4.80. The highest BCUT2D eigenvalue weighted by atomic mass is 32.2. The van der Waals surface area contributed by atoms with Gasteiger partial charge in [-0.1, -0.05) is 67.6 Å². The van der Waals surface area contributed by atoms with Crippen LogP contribution in [-0.2, 0) is 53.3 Å². The number of benzene rings is 12. The van der Waals surface area contributed by atoms with Crippen LogP contribution in [0.25, 0.3) is 0 Å². The monoisotopic (exact) mass is 1830 g/mol. The first-order valence-electron chi connectivity index (χ1n) is 39.9. The number of nitrogens with one attached hydrogen (secondary N) is 3. The first kappa shape index (κ1) is 91.5. The summed E-state index contributed by atoms with van der Waals surface area (Å²) in [6, 6.07) is 71.7. The van der Waals surface area contributed by atoms with E-state index in [4.69, 9.17) is 29.9 Å². The number of anilines is 6. The van der Waals surface area contributed by atoms with E-state index in [0.717, 1.165) is 34.4 Å². The van der Waals surface area contributed by atoms with Gasteiger partial charge in [0.25, 0.3) is 40.5 Å². The molecule has 0 saturated heterocycles. The maximum absolute atomic E-state index is 12.7. The van der Waals surface area contributed by atoms with Gasteiger partial charge in [-0.3, -0.25) is 18.2 Å². The zero-order valence-corrected chi connectivity index (χ0v) is 73.4. The Morgan fingerprint density at radius 1 is 0.290 bits per heavy atom. The van der Waals surface area contributed by atoms with Gasteiger partial charge in [0.1, 0.15) is 32.8 Å². The van der Waals surface area contributed by atoms with Crippen molar-refractivity contribution in [2.75, 3.05) is 40.5 Å². The molecule has 12 aromatic carbocycles. The molecule has 38 nitrogen and oxygen atoms in total. The van der Waals surface area contributed by atoms with Crippen LogP contribution < -0.4 is 20.9 Å². The summed E-state index contributed by atoms with van der Waals surface area (Å²) in [5.74, 6) is 1.66. The van der Waals surface area contributed by atoms with Crippen LogP contribution >= 0.6 is 0 Å². The molecule has 7 N–H and O–H groups in total. The second-order valence-electron chi connectivity index (χ2n) is 29.0. The average Bonchev–Trinajstić information content (AvgIpc) is 0.816. The third-order valence-corrected chi connectivity index (χ3v) is 22.6. The third kappa shape index (κ3) is 26.0. The van der Waals surface area contributed by atoms with Crippen LogP contribution in [0.5, 0.6) is 0 Å². The van der Waals surface area contributed by atoms with E-state index in [2.05, 4.69) is 97.8 Å². The lowest BCUT2D eigenvalue weighted by atomic mass is 10.1. The molecule has 0 unspecified atom stereocenters. The molecule has 0 aliphatic rings. The van der Waals surface area contributed by atoms with Crippen molar-refractivity contribution in [2.24, 2.45) is 81.8 Å². The number of azo groups is 8. The van der Waals surface area contributed by atoms with Crippen LogP contribution in [0.4, 0.5) is 126 Å². The second kappa shape index (κ2) is 41.4. The predicted octanol–water partition coefficient (Wildman–Crippen LogP) is 24.6. The van der Waals surface area contributed by atoms with E-state index >= 15 is 0 Å². The quantitative estimate of drug-likeness (QED) is 0.0143. The highest BCUT2D eigenvalue weighted by Gasteiger charge is 2.22. The zero-order valence-electron chi connectivity index (χ0n) is 70.1. The van der Waals surface area contributed by atoms with E-state index in [1.165, 1.54) is 72.8 Å². The standard InChI is InChI=1S/C89H78N26O12S4/c1-6-46-115(89-97-87(91-70-31-41-78(58(4)50-70)110-106-67-25-21-65(22-26-67)102-104-69-29-37-75(38-30-69)129(119,120)121)96-88(98-89)92-71-32-42-79(59(5)51-71)112-114-81-44-34-73(55-83(81)131(125,126)127)108-100-63-15-11-8-12-16-63)47-45-90-86-94-84(52-60-17-39-76(56(2)48-60)109-105-66-23-19-64(20-24-66)101-103-68-27-35-74(36-28-68)128(116,117)118)93-85(95-86)53-61-18-40-77(57(3)49-61)111-113-80-43-33-72(54-82(80)130(122,123)124)107-99-62-13-9-7-10-14-62/h7-44,48-51,54-55H,6,45-47,52-53H2,1-5H3,(H,116,117,118)(H,119,120,121)(H,122,123,124)(H,125,126,127)(H,90,93,94,95)(H2,91,92,96,97,98). The van der Waals surface area contributed by atoms with Crippen molar-refractivity contribution in [3.63, 3.8) is 0 Å². The summed E-state index contributed by atoms with van der Waals surface area (Å²) in [5, 5.41) is 78.7. The molecule has 14 aromatic rings. The Kier molecular flexibility index (Phi) is 28.9. The molecular formula is C89H78N26O12S4. The van der Waals surface area contributed by atoms with E-state index in [-0.39, 0.29) is 75.7 Å². The minimum Gasteiger partial charge on any atom is -0.352 e. The molecule has 0 fully saturated rings. The SMILES string of the molecule is CCCN(CCNc1nc(Cc2ccc(N=Nc3ccc(N=Nc4ccc(S(=O)(=O)O)cc4)cc3)c(C)c2)nc(Cc2ccc(N=Nc3ccc(N=Nc4ccccc4)cc3S(=O)(=O)O)c(C)c2)n1)c1nc(Nc2ccc(N=Nc3ccc(N=Nc4ccc(S(=O)(=O)O)cc4)cc3)c(C)c2)nc(Nc2ccc(N=Nc3ccc(N=Nc4ccccc4)cc3S(=O)(=O)O)c(C)c2)n1. The molecule has 0 saturated carbocycles. The van der Waals surface area contributed by atoms with Crippen molar-refractivity contribution in [3.05, 3.63) is 312 Å². The average molecular weight is 1830 g/mol. The minimum absolute atomic E-state index is 0.129. The predicted molar refractivity (Wildman–Crippen MR) is 492 cm³/mol. The van der Waals surface area contributed by atoms with Gasteiger partial charge in [0, 0.05) is 43.9 Å². The molecule has 0 aliphatic carbocycles. The molecular weight excluding hydrogens is 1750 g/mol. The first-order chi connectivity index (χ1) is 62.9. The number of hydrogen-bond acceptors (Lipinski definition) is 34. The van der Waals surface area contributed by atoms with E-state index in [1.54, 1.807) is 140 Å². The van der Waals surface area contributed by atoms with Gasteiger partial charge in [0.15, 0.2) is 0 Å². The largest absolute Gasteiger partial charge is 0.352 e. The molecule has 0 atom stereocenters. The lowest BCUT2D eigenvalue weighted by Crippen LogP contribution is -2.32. The van der Waals surface area contributed by atoms with Gasteiger partial charge in [-0.2, -0.15) is 130 Å². The van der Waals surface area contributed by atoms with Crippen LogP contribution in [0.2, 0.25) is 0 Å². The van der Waals surface area contributed by atoms with Crippen molar-refractivity contribution in [1.29, 1.82) is 0 Å². The Balaban J connectivity index is 0.725. The van der Waals surface area contributed by atoms with Crippen molar-refractivity contribution in [2.45, 2.75) is 73.5 Å².